The fraction of sp³-hybridized carbons (Fsp3) is 0.818. The number of rotatable bonds is 5. The number of aryl methyl sites for hydroxylation is 1. The summed E-state index contributed by atoms with van der Waals surface area (Å²) in [6, 6.07) is 0. The highest BCUT2D eigenvalue weighted by molar-refractivity contribution is 4.87. The van der Waals surface area contributed by atoms with E-state index >= 15 is 0 Å². The number of hydrogen-bond acceptors (Lipinski definition) is 4. The van der Waals surface area contributed by atoms with Crippen LogP contribution in [0.25, 0.3) is 0 Å². The summed E-state index contributed by atoms with van der Waals surface area (Å²) in [5.41, 5.74) is 0. The lowest BCUT2D eigenvalue weighted by atomic mass is 10.1. The monoisotopic (exact) mass is 223 g/mol. The molecular formula is C11H21N5. The molecule has 1 saturated heterocycles. The van der Waals surface area contributed by atoms with Crippen LogP contribution in [0.1, 0.15) is 12.2 Å². The third-order valence-corrected chi connectivity index (χ3v) is 3.32. The van der Waals surface area contributed by atoms with Crippen molar-refractivity contribution in [2.45, 2.75) is 12.8 Å². The second-order valence-electron chi connectivity index (χ2n) is 4.62. The third kappa shape index (κ3) is 2.80. The summed E-state index contributed by atoms with van der Waals surface area (Å²) in [6.45, 7) is 4.69. The summed E-state index contributed by atoms with van der Waals surface area (Å²) in [5.74, 6) is 1.90. The van der Waals surface area contributed by atoms with Crippen LogP contribution in [0.4, 0.5) is 0 Å². The molecule has 0 saturated carbocycles. The Morgan fingerprint density at radius 2 is 2.44 bits per heavy atom. The van der Waals surface area contributed by atoms with E-state index in [1.165, 1.54) is 19.5 Å². The summed E-state index contributed by atoms with van der Waals surface area (Å²) >= 11 is 0. The normalized spacial score (nSPS) is 21.8. The largest absolute Gasteiger partial charge is 0.321 e. The fourth-order valence-electron chi connectivity index (χ4n) is 2.36. The Hall–Kier alpha value is -0.940. The van der Waals surface area contributed by atoms with Crippen LogP contribution in [0.3, 0.4) is 0 Å². The van der Waals surface area contributed by atoms with Crippen molar-refractivity contribution in [3.05, 3.63) is 12.2 Å². The van der Waals surface area contributed by atoms with Gasteiger partial charge in [-0.1, -0.05) is 0 Å². The van der Waals surface area contributed by atoms with Crippen LogP contribution in [-0.2, 0) is 13.5 Å². The van der Waals surface area contributed by atoms with Gasteiger partial charge in [-0.2, -0.15) is 0 Å². The van der Waals surface area contributed by atoms with Gasteiger partial charge in [-0.15, -0.1) is 10.2 Å². The van der Waals surface area contributed by atoms with Gasteiger partial charge in [-0.3, -0.25) is 0 Å². The van der Waals surface area contributed by atoms with E-state index in [-0.39, 0.29) is 0 Å². The standard InChI is InChI=1S/C11H21N5/c1-12-7-10-3-5-16(8-10)6-4-11-14-13-9-15(11)2/h9-10,12H,3-8H2,1-2H3. The van der Waals surface area contributed by atoms with Crippen molar-refractivity contribution in [1.29, 1.82) is 0 Å². The quantitative estimate of drug-likeness (QED) is 0.757. The van der Waals surface area contributed by atoms with Crippen LogP contribution < -0.4 is 5.32 Å². The van der Waals surface area contributed by atoms with Crippen molar-refractivity contribution in [2.24, 2.45) is 13.0 Å². The lowest BCUT2D eigenvalue weighted by Gasteiger charge is -2.15. The van der Waals surface area contributed by atoms with Crippen molar-refractivity contribution < 1.29 is 0 Å². The van der Waals surface area contributed by atoms with Crippen LogP contribution in [0.5, 0.6) is 0 Å². The van der Waals surface area contributed by atoms with E-state index in [1.54, 1.807) is 6.33 Å². The molecule has 0 aliphatic carbocycles. The molecule has 0 amide bonds. The molecule has 16 heavy (non-hydrogen) atoms. The van der Waals surface area contributed by atoms with E-state index < -0.39 is 0 Å². The van der Waals surface area contributed by atoms with Crippen molar-refractivity contribution in [2.75, 3.05) is 33.2 Å². The predicted molar refractivity (Wildman–Crippen MR) is 63.2 cm³/mol. The molecule has 1 fully saturated rings. The molecule has 0 radical (unpaired) electrons. The van der Waals surface area contributed by atoms with E-state index in [0.717, 1.165) is 31.3 Å². The van der Waals surface area contributed by atoms with Gasteiger partial charge in [0.05, 0.1) is 0 Å². The molecule has 5 nitrogen and oxygen atoms in total. The van der Waals surface area contributed by atoms with E-state index in [1.807, 2.05) is 18.7 Å². The van der Waals surface area contributed by atoms with Gasteiger partial charge in [0.1, 0.15) is 12.2 Å². The van der Waals surface area contributed by atoms with Crippen LogP contribution in [-0.4, -0.2) is 52.9 Å². The molecule has 1 aliphatic rings. The highest BCUT2D eigenvalue weighted by Gasteiger charge is 2.21. The number of likely N-dealkylation sites (tertiary alicyclic amines) is 1. The maximum atomic E-state index is 4.11. The Morgan fingerprint density at radius 1 is 1.56 bits per heavy atom. The van der Waals surface area contributed by atoms with Gasteiger partial charge in [0.2, 0.25) is 0 Å². The predicted octanol–water partition coefficient (Wildman–Crippen LogP) is -0.101. The molecule has 0 aromatic carbocycles. The minimum Gasteiger partial charge on any atom is -0.321 e. The van der Waals surface area contributed by atoms with Gasteiger partial charge in [0.25, 0.3) is 0 Å². The molecule has 1 aliphatic heterocycles. The lowest BCUT2D eigenvalue weighted by molar-refractivity contribution is 0.323. The van der Waals surface area contributed by atoms with E-state index in [2.05, 4.69) is 20.4 Å². The maximum absolute atomic E-state index is 4.11. The third-order valence-electron chi connectivity index (χ3n) is 3.32. The number of aromatic nitrogens is 3. The highest BCUT2D eigenvalue weighted by Crippen LogP contribution is 2.15. The first-order valence-corrected chi connectivity index (χ1v) is 5.99. The zero-order valence-corrected chi connectivity index (χ0v) is 10.2. The van der Waals surface area contributed by atoms with Gasteiger partial charge in [0.15, 0.2) is 0 Å². The molecule has 2 rings (SSSR count). The Bertz CT molecular complexity index is 322. The van der Waals surface area contributed by atoms with Gasteiger partial charge in [0, 0.05) is 26.6 Å². The van der Waals surface area contributed by atoms with Gasteiger partial charge < -0.3 is 14.8 Å². The van der Waals surface area contributed by atoms with Crippen LogP contribution in [0.2, 0.25) is 0 Å². The van der Waals surface area contributed by atoms with Crippen LogP contribution in [0, 0.1) is 5.92 Å². The minimum atomic E-state index is 0.824. The molecule has 1 aromatic rings. The van der Waals surface area contributed by atoms with Crippen molar-refractivity contribution in [1.82, 2.24) is 25.0 Å². The first-order valence-electron chi connectivity index (χ1n) is 5.99. The van der Waals surface area contributed by atoms with E-state index in [9.17, 15) is 0 Å². The van der Waals surface area contributed by atoms with E-state index in [4.69, 9.17) is 0 Å². The zero-order chi connectivity index (χ0) is 11.4. The molecule has 0 bridgehead atoms. The summed E-state index contributed by atoms with van der Waals surface area (Å²) in [4.78, 5) is 2.52. The second kappa shape index (κ2) is 5.41. The second-order valence-corrected chi connectivity index (χ2v) is 4.62. The number of nitrogens with zero attached hydrogens (tertiary/aromatic N) is 4. The zero-order valence-electron chi connectivity index (χ0n) is 10.2. The molecule has 2 heterocycles. The molecule has 5 heteroatoms. The highest BCUT2D eigenvalue weighted by atomic mass is 15.3. The smallest absolute Gasteiger partial charge is 0.133 e. The molecule has 1 N–H and O–H groups in total. The van der Waals surface area contributed by atoms with Crippen molar-refractivity contribution in [3.63, 3.8) is 0 Å². The van der Waals surface area contributed by atoms with Crippen molar-refractivity contribution in [3.8, 4) is 0 Å². The summed E-state index contributed by atoms with van der Waals surface area (Å²) < 4.78 is 2.00. The molecule has 0 spiro atoms. The average Bonchev–Trinajstić information content (AvgIpc) is 2.86. The number of hydrogen-bond donors (Lipinski definition) is 1. The Morgan fingerprint density at radius 3 is 3.12 bits per heavy atom. The molecule has 1 atom stereocenters. The Labute approximate surface area is 96.8 Å². The topological polar surface area (TPSA) is 46.0 Å². The number of nitrogens with one attached hydrogen (secondary N) is 1. The molecule has 1 unspecified atom stereocenters. The SMILES string of the molecule is CNCC1CCN(CCc2nncn2C)C1. The lowest BCUT2D eigenvalue weighted by Crippen LogP contribution is -2.26. The van der Waals surface area contributed by atoms with Gasteiger partial charge >= 0.3 is 0 Å². The first kappa shape index (κ1) is 11.5. The molecule has 1 aromatic heterocycles. The van der Waals surface area contributed by atoms with Gasteiger partial charge in [-0.25, -0.2) is 0 Å². The Kier molecular flexibility index (Phi) is 3.90. The van der Waals surface area contributed by atoms with E-state index in [0.29, 0.717) is 0 Å². The molecular weight excluding hydrogens is 202 g/mol. The van der Waals surface area contributed by atoms with Gasteiger partial charge in [-0.05, 0) is 32.5 Å². The van der Waals surface area contributed by atoms with Crippen molar-refractivity contribution >= 4 is 0 Å². The summed E-state index contributed by atoms with van der Waals surface area (Å²) in [6.07, 6.45) is 4.09. The molecule has 90 valence electrons. The van der Waals surface area contributed by atoms with Crippen LogP contribution in [0.15, 0.2) is 6.33 Å². The minimum absolute atomic E-state index is 0.824. The average molecular weight is 223 g/mol. The fourth-order valence-corrected chi connectivity index (χ4v) is 2.36. The first-order chi connectivity index (χ1) is 7.79. The summed E-state index contributed by atoms with van der Waals surface area (Å²) in [5, 5.41) is 11.3. The summed E-state index contributed by atoms with van der Waals surface area (Å²) in [7, 11) is 4.03. The Balaban J connectivity index is 1.74. The van der Waals surface area contributed by atoms with Crippen LogP contribution >= 0.6 is 0 Å². The maximum Gasteiger partial charge on any atom is 0.133 e.